The number of aliphatic hydroxyl groups is 4. The van der Waals surface area contributed by atoms with Crippen molar-refractivity contribution in [1.82, 2.24) is 0 Å². The van der Waals surface area contributed by atoms with Crippen LogP contribution in [0, 0.1) is 0 Å². The summed E-state index contributed by atoms with van der Waals surface area (Å²) >= 11 is 6.72. The van der Waals surface area contributed by atoms with Gasteiger partial charge in [0.2, 0.25) is 5.79 Å². The minimum atomic E-state index is -1.66. The molecule has 2 aliphatic heterocycles. The Bertz CT molecular complexity index is 986. The molecule has 0 amide bonds. The fraction of sp³-hybridized carbons (Fsp3) is 0.500. The number of ether oxygens (including phenoxy) is 2. The Morgan fingerprint density at radius 2 is 1.74 bits per heavy atom. The lowest BCUT2D eigenvalue weighted by Gasteiger charge is -2.46. The van der Waals surface area contributed by atoms with Gasteiger partial charge < -0.3 is 29.9 Å². The van der Waals surface area contributed by atoms with Crippen LogP contribution in [0.2, 0.25) is 5.02 Å². The monoisotopic (exact) mass is 446 g/mol. The van der Waals surface area contributed by atoms with Crippen molar-refractivity contribution in [2.24, 2.45) is 0 Å². The Labute approximate surface area is 186 Å². The van der Waals surface area contributed by atoms with Gasteiger partial charge in [0.1, 0.15) is 24.4 Å². The number of halogens is 1. The van der Waals surface area contributed by atoms with Crippen molar-refractivity contribution in [1.29, 1.82) is 0 Å². The lowest BCUT2D eigenvalue weighted by molar-refractivity contribution is -0.368. The summed E-state index contributed by atoms with van der Waals surface area (Å²) in [5.74, 6) is -1.66. The van der Waals surface area contributed by atoms with Gasteiger partial charge in [-0.2, -0.15) is 0 Å². The molecule has 0 unspecified atom stereocenters. The van der Waals surface area contributed by atoms with Crippen LogP contribution in [0.3, 0.4) is 0 Å². The molecule has 3 aliphatic rings. The highest BCUT2D eigenvalue weighted by Gasteiger charge is 2.59. The standard InChI is InChI=1S/C24H27ClO6/c1-2-13-3-5-15(6-4-13)23(7-8-23)17-10-16-14(9-18(17)25)12-30-24(16)22(29)21(28)20(27)19(11-26)31-24/h3-6,9-10,19-22,26-29H,2,7-8,11-12H2,1H3/t19-,20-,21+,22-,24+/m1/s1. The molecule has 1 saturated heterocycles. The van der Waals surface area contributed by atoms with Crippen molar-refractivity contribution >= 4 is 11.6 Å². The Morgan fingerprint density at radius 3 is 2.35 bits per heavy atom. The molecule has 2 aromatic rings. The molecule has 5 atom stereocenters. The molecule has 166 valence electrons. The third-order valence-electron chi connectivity index (χ3n) is 7.14. The van der Waals surface area contributed by atoms with E-state index < -0.39 is 36.8 Å². The third-order valence-corrected chi connectivity index (χ3v) is 7.45. The van der Waals surface area contributed by atoms with Gasteiger partial charge in [0, 0.05) is 16.0 Å². The summed E-state index contributed by atoms with van der Waals surface area (Å²) in [5.41, 5.74) is 4.52. The number of rotatable bonds is 4. The van der Waals surface area contributed by atoms with Crippen molar-refractivity contribution in [3.05, 3.63) is 69.2 Å². The molecule has 0 aromatic heterocycles. The topological polar surface area (TPSA) is 99.4 Å². The fourth-order valence-electron chi connectivity index (χ4n) is 5.07. The minimum absolute atomic E-state index is 0.144. The zero-order valence-corrected chi connectivity index (χ0v) is 18.0. The number of fused-ring (bicyclic) bond motifs is 2. The number of benzene rings is 2. The molecule has 1 saturated carbocycles. The lowest BCUT2D eigenvalue weighted by Crippen LogP contribution is -2.63. The summed E-state index contributed by atoms with van der Waals surface area (Å²) in [7, 11) is 0. The van der Waals surface area contributed by atoms with Crippen LogP contribution in [0.25, 0.3) is 0 Å². The van der Waals surface area contributed by atoms with Crippen LogP contribution in [-0.4, -0.2) is 51.4 Å². The summed E-state index contributed by atoms with van der Waals surface area (Å²) in [6.45, 7) is 1.75. The van der Waals surface area contributed by atoms with E-state index in [1.807, 2.05) is 12.1 Å². The van der Waals surface area contributed by atoms with E-state index in [0.717, 1.165) is 30.4 Å². The molecule has 4 N–H and O–H groups in total. The first kappa shape index (κ1) is 21.3. The normalized spacial score (nSPS) is 33.5. The third kappa shape index (κ3) is 3.09. The summed E-state index contributed by atoms with van der Waals surface area (Å²) in [5, 5.41) is 41.7. The summed E-state index contributed by atoms with van der Waals surface area (Å²) in [6, 6.07) is 12.3. The van der Waals surface area contributed by atoms with Gasteiger partial charge in [0.05, 0.1) is 13.2 Å². The Morgan fingerprint density at radius 1 is 1.03 bits per heavy atom. The van der Waals surface area contributed by atoms with Crippen LogP contribution in [0.4, 0.5) is 0 Å². The van der Waals surface area contributed by atoms with Crippen molar-refractivity contribution < 1.29 is 29.9 Å². The van der Waals surface area contributed by atoms with Gasteiger partial charge in [-0.1, -0.05) is 42.8 Å². The van der Waals surface area contributed by atoms with E-state index in [0.29, 0.717) is 10.6 Å². The van der Waals surface area contributed by atoms with E-state index >= 15 is 0 Å². The molecule has 1 aliphatic carbocycles. The molecular formula is C24H27ClO6. The van der Waals surface area contributed by atoms with Crippen molar-refractivity contribution in [2.45, 2.75) is 68.4 Å². The molecule has 7 heteroatoms. The van der Waals surface area contributed by atoms with Gasteiger partial charge in [-0.15, -0.1) is 0 Å². The lowest BCUT2D eigenvalue weighted by atomic mass is 9.82. The second-order valence-electron chi connectivity index (χ2n) is 8.84. The smallest absolute Gasteiger partial charge is 0.225 e. The second-order valence-corrected chi connectivity index (χ2v) is 9.25. The van der Waals surface area contributed by atoms with E-state index in [9.17, 15) is 20.4 Å². The van der Waals surface area contributed by atoms with E-state index in [-0.39, 0.29) is 12.0 Å². The molecule has 0 bridgehead atoms. The molecule has 6 nitrogen and oxygen atoms in total. The Balaban J connectivity index is 1.59. The van der Waals surface area contributed by atoms with Gasteiger partial charge in [-0.25, -0.2) is 0 Å². The first-order valence-corrected chi connectivity index (χ1v) is 11.1. The van der Waals surface area contributed by atoms with Gasteiger partial charge in [0.15, 0.2) is 0 Å². The number of hydrogen-bond donors (Lipinski definition) is 4. The second kappa shape index (κ2) is 7.52. The number of aliphatic hydroxyl groups excluding tert-OH is 4. The van der Waals surface area contributed by atoms with Crippen molar-refractivity contribution in [3.63, 3.8) is 0 Å². The van der Waals surface area contributed by atoms with E-state index in [1.54, 1.807) is 0 Å². The molecule has 2 aromatic carbocycles. The van der Waals surface area contributed by atoms with Crippen LogP contribution in [0.15, 0.2) is 36.4 Å². The predicted molar refractivity (Wildman–Crippen MR) is 114 cm³/mol. The molecule has 2 heterocycles. The highest BCUT2D eigenvalue weighted by atomic mass is 35.5. The summed E-state index contributed by atoms with van der Waals surface area (Å²) in [6.07, 6.45) is -2.66. The highest BCUT2D eigenvalue weighted by molar-refractivity contribution is 6.31. The van der Waals surface area contributed by atoms with Crippen molar-refractivity contribution in [3.8, 4) is 0 Å². The van der Waals surface area contributed by atoms with Gasteiger partial charge in [-0.3, -0.25) is 0 Å². The average Bonchev–Trinajstić information content (AvgIpc) is 3.52. The summed E-state index contributed by atoms with van der Waals surface area (Å²) in [4.78, 5) is 0. The minimum Gasteiger partial charge on any atom is -0.394 e. The van der Waals surface area contributed by atoms with Crippen LogP contribution in [-0.2, 0) is 33.7 Å². The van der Waals surface area contributed by atoms with Gasteiger partial charge in [-0.05, 0) is 53.6 Å². The maximum absolute atomic E-state index is 10.8. The highest BCUT2D eigenvalue weighted by Crippen LogP contribution is 2.57. The Kier molecular flexibility index (Phi) is 5.18. The maximum atomic E-state index is 10.8. The Hall–Kier alpha value is -1.51. The van der Waals surface area contributed by atoms with Crippen LogP contribution >= 0.6 is 11.6 Å². The summed E-state index contributed by atoms with van der Waals surface area (Å²) < 4.78 is 11.8. The van der Waals surface area contributed by atoms with Crippen LogP contribution in [0.1, 0.15) is 47.6 Å². The van der Waals surface area contributed by atoms with E-state index in [4.69, 9.17) is 21.1 Å². The zero-order valence-electron chi connectivity index (χ0n) is 17.3. The first-order valence-electron chi connectivity index (χ1n) is 10.8. The van der Waals surface area contributed by atoms with Crippen LogP contribution in [0.5, 0.6) is 0 Å². The molecule has 5 rings (SSSR count). The number of aryl methyl sites for hydroxylation is 1. The maximum Gasteiger partial charge on any atom is 0.225 e. The number of hydrogen-bond acceptors (Lipinski definition) is 6. The quantitative estimate of drug-likeness (QED) is 0.574. The van der Waals surface area contributed by atoms with E-state index in [2.05, 4.69) is 31.2 Å². The molecular weight excluding hydrogens is 420 g/mol. The van der Waals surface area contributed by atoms with E-state index in [1.165, 1.54) is 11.1 Å². The largest absolute Gasteiger partial charge is 0.394 e. The molecule has 0 radical (unpaired) electrons. The zero-order chi connectivity index (χ0) is 22.0. The SMILES string of the molecule is CCc1ccc(C2(c3cc4c(cc3Cl)CO[C@]43O[C@H](CO)[C@@H](O)[C@H](O)[C@H]3O)CC2)cc1. The first-order chi connectivity index (χ1) is 14.9. The fourth-order valence-corrected chi connectivity index (χ4v) is 5.44. The molecule has 2 fully saturated rings. The molecule has 1 spiro atoms. The van der Waals surface area contributed by atoms with Gasteiger partial charge >= 0.3 is 0 Å². The molecule has 31 heavy (non-hydrogen) atoms. The van der Waals surface area contributed by atoms with Gasteiger partial charge in [0.25, 0.3) is 0 Å². The van der Waals surface area contributed by atoms with Crippen LogP contribution < -0.4 is 0 Å². The predicted octanol–water partition coefficient (Wildman–Crippen LogP) is 2.14. The average molecular weight is 447 g/mol. The van der Waals surface area contributed by atoms with Crippen molar-refractivity contribution in [2.75, 3.05) is 6.61 Å².